The number of piperazine rings is 1. The summed E-state index contributed by atoms with van der Waals surface area (Å²) in [6.07, 6.45) is -0.524. The predicted molar refractivity (Wildman–Crippen MR) is 122 cm³/mol. The molecule has 2 N–H and O–H groups in total. The summed E-state index contributed by atoms with van der Waals surface area (Å²) in [5, 5.41) is 10.4. The van der Waals surface area contributed by atoms with E-state index in [1.807, 2.05) is 36.4 Å². The van der Waals surface area contributed by atoms with Crippen LogP contribution in [0.1, 0.15) is 15.9 Å². The molecule has 3 aromatic carbocycles. The Bertz CT molecular complexity index is 953. The largest absolute Gasteiger partial charge is 0.491 e. The number of hydrogen-bond acceptors (Lipinski definition) is 4. The van der Waals surface area contributed by atoms with Crippen molar-refractivity contribution in [3.63, 3.8) is 0 Å². The van der Waals surface area contributed by atoms with Crippen molar-refractivity contribution in [2.24, 2.45) is 0 Å². The van der Waals surface area contributed by atoms with Crippen molar-refractivity contribution >= 4 is 11.5 Å². The topological polar surface area (TPSA) is 54.2 Å². The molecule has 0 radical (unpaired) electrons. The van der Waals surface area contributed by atoms with Crippen LogP contribution in [0.2, 0.25) is 0 Å². The van der Waals surface area contributed by atoms with Crippen LogP contribution in [0.15, 0.2) is 84.9 Å². The van der Waals surface area contributed by atoms with E-state index >= 15 is 0 Å². The first-order chi connectivity index (χ1) is 15.2. The second-order valence-corrected chi connectivity index (χ2v) is 7.96. The fraction of sp³-hybridized carbons (Fsp3) is 0.269. The van der Waals surface area contributed by atoms with Crippen molar-refractivity contribution in [1.29, 1.82) is 0 Å². The van der Waals surface area contributed by atoms with Crippen molar-refractivity contribution in [1.82, 2.24) is 0 Å². The summed E-state index contributed by atoms with van der Waals surface area (Å²) < 4.78 is 5.76. The van der Waals surface area contributed by atoms with E-state index < -0.39 is 6.10 Å². The van der Waals surface area contributed by atoms with Crippen molar-refractivity contribution in [3.8, 4) is 5.75 Å². The molecule has 5 heteroatoms. The number of ketones is 1. The second-order valence-electron chi connectivity index (χ2n) is 7.96. The third-order valence-corrected chi connectivity index (χ3v) is 5.71. The van der Waals surface area contributed by atoms with Gasteiger partial charge in [0.2, 0.25) is 0 Å². The number of rotatable bonds is 8. The number of anilines is 1. The average molecular weight is 418 g/mol. The zero-order chi connectivity index (χ0) is 21.5. The Morgan fingerprint density at radius 3 is 2.10 bits per heavy atom. The summed E-state index contributed by atoms with van der Waals surface area (Å²) in [6.45, 7) is 4.91. The molecule has 4 rings (SSSR count). The van der Waals surface area contributed by atoms with Crippen LogP contribution in [0.5, 0.6) is 5.75 Å². The van der Waals surface area contributed by atoms with Crippen LogP contribution in [-0.4, -0.2) is 56.3 Å². The molecule has 0 spiro atoms. The summed E-state index contributed by atoms with van der Waals surface area (Å²) in [6, 6.07) is 26.8. The third kappa shape index (κ3) is 5.72. The van der Waals surface area contributed by atoms with E-state index in [1.165, 1.54) is 10.6 Å². The maximum absolute atomic E-state index is 12.5. The Labute approximate surface area is 183 Å². The SMILES string of the molecule is O=C(c1ccccc1)c1ccc(OCC(O)C[NH+]2CCN(c3ccccc3)CC2)cc1. The smallest absolute Gasteiger partial charge is 0.193 e. The number of nitrogens with zero attached hydrogens (tertiary/aromatic N) is 1. The average Bonchev–Trinajstić information content (AvgIpc) is 2.84. The van der Waals surface area contributed by atoms with Crippen LogP contribution in [-0.2, 0) is 0 Å². The van der Waals surface area contributed by atoms with Crippen LogP contribution < -0.4 is 14.5 Å². The number of aliphatic hydroxyl groups excluding tert-OH is 1. The number of ether oxygens (including phenoxy) is 1. The van der Waals surface area contributed by atoms with Crippen LogP contribution in [0.25, 0.3) is 0 Å². The molecule has 1 saturated heterocycles. The lowest BCUT2D eigenvalue weighted by molar-refractivity contribution is -0.903. The van der Waals surface area contributed by atoms with Gasteiger partial charge in [-0.15, -0.1) is 0 Å². The Hall–Kier alpha value is -3.15. The molecule has 1 fully saturated rings. The van der Waals surface area contributed by atoms with Gasteiger partial charge in [0.1, 0.15) is 25.0 Å². The third-order valence-electron chi connectivity index (χ3n) is 5.71. The van der Waals surface area contributed by atoms with Gasteiger partial charge in [0, 0.05) is 16.8 Å². The molecule has 5 nitrogen and oxygen atoms in total. The number of hydrogen-bond donors (Lipinski definition) is 2. The number of para-hydroxylation sites is 1. The van der Waals surface area contributed by atoms with Crippen molar-refractivity contribution < 1.29 is 19.5 Å². The van der Waals surface area contributed by atoms with Crippen molar-refractivity contribution in [2.75, 3.05) is 44.2 Å². The molecule has 1 atom stereocenters. The first kappa shape index (κ1) is 21.1. The second kappa shape index (κ2) is 10.2. The van der Waals surface area contributed by atoms with Gasteiger partial charge in [0.15, 0.2) is 5.78 Å². The molecule has 1 aliphatic heterocycles. The first-order valence-corrected chi connectivity index (χ1v) is 10.8. The lowest BCUT2D eigenvalue weighted by Crippen LogP contribution is -3.16. The monoisotopic (exact) mass is 417 g/mol. The number of nitrogens with one attached hydrogen (secondary N) is 1. The van der Waals surface area contributed by atoms with Gasteiger partial charge in [-0.1, -0.05) is 48.5 Å². The van der Waals surface area contributed by atoms with Crippen molar-refractivity contribution in [2.45, 2.75) is 6.10 Å². The highest BCUT2D eigenvalue weighted by Gasteiger charge is 2.22. The molecule has 31 heavy (non-hydrogen) atoms. The highest BCUT2D eigenvalue weighted by molar-refractivity contribution is 6.08. The van der Waals surface area contributed by atoms with E-state index in [-0.39, 0.29) is 12.4 Å². The van der Waals surface area contributed by atoms with Gasteiger partial charge in [0.05, 0.1) is 26.2 Å². The summed E-state index contributed by atoms with van der Waals surface area (Å²) in [7, 11) is 0. The van der Waals surface area contributed by atoms with E-state index in [1.54, 1.807) is 24.3 Å². The summed E-state index contributed by atoms with van der Waals surface area (Å²) in [5.41, 5.74) is 2.56. The van der Waals surface area contributed by atoms with E-state index in [2.05, 4.69) is 29.2 Å². The number of quaternary nitrogens is 1. The maximum Gasteiger partial charge on any atom is 0.193 e. The molecular formula is C26H29N2O3+. The molecule has 0 aromatic heterocycles. The van der Waals surface area contributed by atoms with E-state index in [9.17, 15) is 9.90 Å². The fourth-order valence-corrected chi connectivity index (χ4v) is 3.97. The minimum Gasteiger partial charge on any atom is -0.491 e. The van der Waals surface area contributed by atoms with Crippen LogP contribution in [0, 0.1) is 0 Å². The Morgan fingerprint density at radius 2 is 1.45 bits per heavy atom. The predicted octanol–water partition coefficient (Wildman–Crippen LogP) is 2.06. The number of carbonyl (C=O) groups excluding carboxylic acids is 1. The molecule has 0 amide bonds. The first-order valence-electron chi connectivity index (χ1n) is 10.8. The van der Waals surface area contributed by atoms with Gasteiger partial charge in [-0.3, -0.25) is 4.79 Å². The number of benzene rings is 3. The standard InChI is InChI=1S/C26H28N2O3/c29-24(19-27-15-17-28(18-16-27)23-9-5-2-6-10-23)20-31-25-13-11-22(12-14-25)26(30)21-7-3-1-4-8-21/h1-14,24,29H,15-20H2/p+1. The summed E-state index contributed by atoms with van der Waals surface area (Å²) >= 11 is 0. The normalized spacial score (nSPS) is 15.5. The molecule has 1 unspecified atom stereocenters. The summed E-state index contributed by atoms with van der Waals surface area (Å²) in [4.78, 5) is 16.3. The van der Waals surface area contributed by atoms with E-state index in [0.29, 0.717) is 23.4 Å². The Balaban J connectivity index is 1.21. The molecular weight excluding hydrogens is 388 g/mol. The van der Waals surface area contributed by atoms with Gasteiger partial charge >= 0.3 is 0 Å². The number of carbonyl (C=O) groups is 1. The fourth-order valence-electron chi connectivity index (χ4n) is 3.97. The molecule has 0 saturated carbocycles. The molecule has 1 aliphatic rings. The van der Waals surface area contributed by atoms with Crippen LogP contribution in [0.3, 0.4) is 0 Å². The van der Waals surface area contributed by atoms with Crippen LogP contribution >= 0.6 is 0 Å². The summed E-state index contributed by atoms with van der Waals surface area (Å²) in [5.74, 6) is 0.651. The Morgan fingerprint density at radius 1 is 0.871 bits per heavy atom. The minimum absolute atomic E-state index is 0.00886. The van der Waals surface area contributed by atoms with Crippen LogP contribution in [0.4, 0.5) is 5.69 Å². The van der Waals surface area contributed by atoms with Gasteiger partial charge in [-0.05, 0) is 36.4 Å². The minimum atomic E-state index is -0.524. The van der Waals surface area contributed by atoms with Gasteiger partial charge in [-0.25, -0.2) is 0 Å². The zero-order valence-corrected chi connectivity index (χ0v) is 17.6. The van der Waals surface area contributed by atoms with Crippen molar-refractivity contribution in [3.05, 3.63) is 96.1 Å². The molecule has 0 aliphatic carbocycles. The highest BCUT2D eigenvalue weighted by atomic mass is 16.5. The van der Waals surface area contributed by atoms with Gasteiger partial charge in [0.25, 0.3) is 0 Å². The molecule has 0 bridgehead atoms. The Kier molecular flexibility index (Phi) is 6.97. The zero-order valence-electron chi connectivity index (χ0n) is 17.6. The lowest BCUT2D eigenvalue weighted by Gasteiger charge is -2.34. The number of aliphatic hydroxyl groups is 1. The van der Waals surface area contributed by atoms with E-state index in [4.69, 9.17) is 4.74 Å². The molecule has 1 heterocycles. The highest BCUT2D eigenvalue weighted by Crippen LogP contribution is 2.16. The van der Waals surface area contributed by atoms with Gasteiger partial charge < -0.3 is 19.6 Å². The molecule has 160 valence electrons. The lowest BCUT2D eigenvalue weighted by atomic mass is 10.0. The molecule has 3 aromatic rings. The van der Waals surface area contributed by atoms with E-state index in [0.717, 1.165) is 26.2 Å². The maximum atomic E-state index is 12.5. The van der Waals surface area contributed by atoms with Gasteiger partial charge in [-0.2, -0.15) is 0 Å². The quantitative estimate of drug-likeness (QED) is 0.551.